The topological polar surface area (TPSA) is 40.5 Å². The van der Waals surface area contributed by atoms with Crippen LogP contribution in [0.2, 0.25) is 0 Å². The summed E-state index contributed by atoms with van der Waals surface area (Å²) in [5, 5.41) is 18.9. The molecule has 2 unspecified atom stereocenters. The predicted octanol–water partition coefficient (Wildman–Crippen LogP) is 4.43. The number of hydrogen-bond acceptors (Lipinski definition) is 2. The van der Waals surface area contributed by atoms with Crippen molar-refractivity contribution >= 4 is 0 Å². The van der Waals surface area contributed by atoms with E-state index in [4.69, 9.17) is 5.11 Å². The first-order valence-electron chi connectivity index (χ1n) is 8.03. The largest absolute Gasteiger partial charge is 0.393 e. The molecule has 2 N–H and O–H groups in total. The molecule has 18 heavy (non-hydrogen) atoms. The summed E-state index contributed by atoms with van der Waals surface area (Å²) >= 11 is 0. The summed E-state index contributed by atoms with van der Waals surface area (Å²) in [4.78, 5) is 0. The van der Waals surface area contributed by atoms with Gasteiger partial charge in [-0.2, -0.15) is 0 Å². The lowest BCUT2D eigenvalue weighted by Gasteiger charge is -2.09. The van der Waals surface area contributed by atoms with Crippen LogP contribution in [0.1, 0.15) is 90.9 Å². The van der Waals surface area contributed by atoms with E-state index in [-0.39, 0.29) is 12.2 Å². The van der Waals surface area contributed by atoms with Crippen LogP contribution >= 0.6 is 0 Å². The van der Waals surface area contributed by atoms with Crippen molar-refractivity contribution in [3.8, 4) is 0 Å². The Labute approximate surface area is 114 Å². The second kappa shape index (κ2) is 13.4. The van der Waals surface area contributed by atoms with Gasteiger partial charge < -0.3 is 10.2 Å². The molecule has 0 aliphatic heterocycles. The molecule has 0 aromatic carbocycles. The van der Waals surface area contributed by atoms with E-state index in [9.17, 15) is 5.11 Å². The van der Waals surface area contributed by atoms with Gasteiger partial charge in [-0.3, -0.25) is 0 Å². The van der Waals surface area contributed by atoms with Gasteiger partial charge in [0, 0.05) is 0 Å². The molecular weight excluding hydrogens is 224 g/mol. The minimum absolute atomic E-state index is 0.0632. The normalized spacial score (nSPS) is 14.7. The van der Waals surface area contributed by atoms with E-state index in [2.05, 4.69) is 6.92 Å². The van der Waals surface area contributed by atoms with Crippen molar-refractivity contribution in [2.75, 3.05) is 0 Å². The maximum absolute atomic E-state index is 9.75. The first-order chi connectivity index (χ1) is 8.66. The quantitative estimate of drug-likeness (QED) is 0.480. The Hall–Kier alpha value is -0.0800. The maximum Gasteiger partial charge on any atom is 0.0540 e. The Balaban J connectivity index is 3.10. The molecule has 0 spiro atoms. The van der Waals surface area contributed by atoms with Crippen LogP contribution < -0.4 is 0 Å². The van der Waals surface area contributed by atoms with Gasteiger partial charge in [-0.1, -0.05) is 64.7 Å². The molecule has 0 saturated carbocycles. The van der Waals surface area contributed by atoms with E-state index < -0.39 is 0 Å². The summed E-state index contributed by atoms with van der Waals surface area (Å²) in [6.45, 7) is 4.06. The predicted molar refractivity (Wildman–Crippen MR) is 78.8 cm³/mol. The van der Waals surface area contributed by atoms with Crippen LogP contribution in [0.3, 0.4) is 0 Å². The van der Waals surface area contributed by atoms with Crippen LogP contribution in [0.4, 0.5) is 0 Å². The van der Waals surface area contributed by atoms with Gasteiger partial charge >= 0.3 is 0 Å². The molecular formula is C16H34O2. The molecule has 0 bridgehead atoms. The van der Waals surface area contributed by atoms with Gasteiger partial charge in [0.1, 0.15) is 0 Å². The van der Waals surface area contributed by atoms with E-state index in [1.165, 1.54) is 51.4 Å². The zero-order valence-corrected chi connectivity index (χ0v) is 12.5. The fraction of sp³-hybridized carbons (Fsp3) is 1.00. The summed E-state index contributed by atoms with van der Waals surface area (Å²) in [7, 11) is 0. The standard InChI is InChI=1S/C16H34O2/c1-3-4-9-13-16(18)14-11-8-6-5-7-10-12-15(2)17/h15-18H,3-14H2,1-2H3. The van der Waals surface area contributed by atoms with Gasteiger partial charge in [-0.05, 0) is 26.2 Å². The first-order valence-corrected chi connectivity index (χ1v) is 8.03. The maximum atomic E-state index is 9.75. The SMILES string of the molecule is CCCCCC(O)CCCCCCCCC(C)O. The van der Waals surface area contributed by atoms with Crippen molar-refractivity contribution in [2.45, 2.75) is 103 Å². The van der Waals surface area contributed by atoms with Crippen molar-refractivity contribution in [1.29, 1.82) is 0 Å². The van der Waals surface area contributed by atoms with Crippen molar-refractivity contribution in [3.63, 3.8) is 0 Å². The Morgan fingerprint density at radius 2 is 1.11 bits per heavy atom. The number of rotatable bonds is 13. The number of aliphatic hydroxyl groups is 2. The van der Waals surface area contributed by atoms with E-state index in [1.807, 2.05) is 6.92 Å². The second-order valence-electron chi connectivity index (χ2n) is 5.70. The third kappa shape index (κ3) is 14.0. The monoisotopic (exact) mass is 258 g/mol. The summed E-state index contributed by atoms with van der Waals surface area (Å²) < 4.78 is 0. The Kier molecular flexibility index (Phi) is 13.3. The highest BCUT2D eigenvalue weighted by molar-refractivity contribution is 4.57. The summed E-state index contributed by atoms with van der Waals surface area (Å²) in [6.07, 6.45) is 13.7. The minimum atomic E-state index is -0.136. The zero-order chi connectivity index (χ0) is 13.6. The average molecular weight is 258 g/mol. The van der Waals surface area contributed by atoms with Gasteiger partial charge in [0.2, 0.25) is 0 Å². The third-order valence-corrected chi connectivity index (χ3v) is 3.55. The number of hydrogen-bond donors (Lipinski definition) is 2. The summed E-state index contributed by atoms with van der Waals surface area (Å²) in [5.41, 5.74) is 0. The molecule has 2 atom stereocenters. The van der Waals surface area contributed by atoms with Crippen LogP contribution in [-0.4, -0.2) is 22.4 Å². The zero-order valence-electron chi connectivity index (χ0n) is 12.5. The highest BCUT2D eigenvalue weighted by Crippen LogP contribution is 2.13. The lowest BCUT2D eigenvalue weighted by Crippen LogP contribution is -2.05. The van der Waals surface area contributed by atoms with Crippen LogP contribution in [0.5, 0.6) is 0 Å². The lowest BCUT2D eigenvalue weighted by molar-refractivity contribution is 0.147. The molecule has 0 amide bonds. The Morgan fingerprint density at radius 1 is 0.667 bits per heavy atom. The summed E-state index contributed by atoms with van der Waals surface area (Å²) in [6, 6.07) is 0. The highest BCUT2D eigenvalue weighted by Gasteiger charge is 2.03. The molecule has 2 heteroatoms. The van der Waals surface area contributed by atoms with Crippen molar-refractivity contribution < 1.29 is 10.2 Å². The van der Waals surface area contributed by atoms with Crippen LogP contribution in [0, 0.1) is 0 Å². The molecule has 0 fully saturated rings. The first kappa shape index (κ1) is 17.9. The lowest BCUT2D eigenvalue weighted by atomic mass is 10.0. The Morgan fingerprint density at radius 3 is 1.61 bits per heavy atom. The van der Waals surface area contributed by atoms with Crippen molar-refractivity contribution in [1.82, 2.24) is 0 Å². The molecule has 0 radical (unpaired) electrons. The molecule has 2 nitrogen and oxygen atoms in total. The molecule has 110 valence electrons. The fourth-order valence-electron chi connectivity index (χ4n) is 2.30. The number of unbranched alkanes of at least 4 members (excludes halogenated alkanes) is 7. The average Bonchev–Trinajstić information content (AvgIpc) is 2.32. The summed E-state index contributed by atoms with van der Waals surface area (Å²) in [5.74, 6) is 0. The Bertz CT molecular complexity index is 157. The van der Waals surface area contributed by atoms with Crippen molar-refractivity contribution in [2.24, 2.45) is 0 Å². The van der Waals surface area contributed by atoms with Gasteiger partial charge in [0.25, 0.3) is 0 Å². The van der Waals surface area contributed by atoms with E-state index in [1.54, 1.807) is 0 Å². The van der Waals surface area contributed by atoms with E-state index >= 15 is 0 Å². The van der Waals surface area contributed by atoms with Gasteiger partial charge in [-0.15, -0.1) is 0 Å². The van der Waals surface area contributed by atoms with Gasteiger partial charge in [0.05, 0.1) is 12.2 Å². The van der Waals surface area contributed by atoms with Crippen LogP contribution in [0.25, 0.3) is 0 Å². The molecule has 0 aromatic rings. The second-order valence-corrected chi connectivity index (χ2v) is 5.70. The molecule has 0 saturated heterocycles. The smallest absolute Gasteiger partial charge is 0.0540 e. The van der Waals surface area contributed by atoms with E-state index in [0.29, 0.717) is 0 Å². The van der Waals surface area contributed by atoms with Crippen molar-refractivity contribution in [3.05, 3.63) is 0 Å². The third-order valence-electron chi connectivity index (χ3n) is 3.55. The number of aliphatic hydroxyl groups excluding tert-OH is 2. The van der Waals surface area contributed by atoms with Crippen LogP contribution in [-0.2, 0) is 0 Å². The minimum Gasteiger partial charge on any atom is -0.393 e. The molecule has 0 heterocycles. The van der Waals surface area contributed by atoms with Gasteiger partial charge in [-0.25, -0.2) is 0 Å². The fourth-order valence-corrected chi connectivity index (χ4v) is 2.30. The molecule has 0 aliphatic rings. The highest BCUT2D eigenvalue weighted by atomic mass is 16.3. The molecule has 0 rings (SSSR count). The van der Waals surface area contributed by atoms with Crippen LogP contribution in [0.15, 0.2) is 0 Å². The molecule has 0 aliphatic carbocycles. The molecule has 0 aromatic heterocycles. The van der Waals surface area contributed by atoms with Gasteiger partial charge in [0.15, 0.2) is 0 Å². The van der Waals surface area contributed by atoms with E-state index in [0.717, 1.165) is 25.7 Å².